The molecule has 2 heterocycles. The molecule has 1 unspecified atom stereocenters. The van der Waals surface area contributed by atoms with Gasteiger partial charge in [0.25, 0.3) is 0 Å². The van der Waals surface area contributed by atoms with Crippen LogP contribution in [0.15, 0.2) is 48.5 Å². The minimum Gasteiger partial charge on any atom is -0.356 e. The van der Waals surface area contributed by atoms with Crippen LogP contribution in [-0.2, 0) is 16.0 Å². The van der Waals surface area contributed by atoms with Crippen molar-refractivity contribution in [2.45, 2.75) is 19.3 Å². The van der Waals surface area contributed by atoms with E-state index in [-0.39, 0.29) is 24.2 Å². The van der Waals surface area contributed by atoms with Crippen LogP contribution < -0.4 is 10.2 Å². The van der Waals surface area contributed by atoms with Crippen LogP contribution in [0, 0.1) is 5.92 Å². The Kier molecular flexibility index (Phi) is 5.30. The number of carbonyl (C=O) groups is 2. The van der Waals surface area contributed by atoms with Gasteiger partial charge < -0.3 is 15.2 Å². The predicted octanol–water partition coefficient (Wildman–Crippen LogP) is 3.32. The van der Waals surface area contributed by atoms with E-state index in [4.69, 9.17) is 11.6 Å². The highest BCUT2D eigenvalue weighted by molar-refractivity contribution is 6.33. The van der Waals surface area contributed by atoms with Gasteiger partial charge in [-0.1, -0.05) is 35.9 Å². The minimum atomic E-state index is -0.352. The van der Waals surface area contributed by atoms with E-state index in [1.54, 1.807) is 17.0 Å². The number of nitrogens with zero attached hydrogens (tertiary/aromatic N) is 2. The molecular formula is C21H21ClN4O2. The zero-order chi connectivity index (χ0) is 19.5. The molecule has 4 rings (SSSR count). The van der Waals surface area contributed by atoms with E-state index in [1.807, 2.05) is 36.4 Å². The first-order valence-corrected chi connectivity index (χ1v) is 9.76. The molecule has 6 nitrogen and oxygen atoms in total. The van der Waals surface area contributed by atoms with Gasteiger partial charge in [-0.2, -0.15) is 0 Å². The molecule has 2 N–H and O–H groups in total. The second kappa shape index (κ2) is 8.02. The quantitative estimate of drug-likeness (QED) is 0.627. The third-order valence-electron chi connectivity index (χ3n) is 4.97. The van der Waals surface area contributed by atoms with Crippen LogP contribution >= 0.6 is 11.6 Å². The van der Waals surface area contributed by atoms with E-state index in [1.165, 1.54) is 0 Å². The highest BCUT2D eigenvalue weighted by Crippen LogP contribution is 2.31. The lowest BCUT2D eigenvalue weighted by atomic mass is 10.1. The van der Waals surface area contributed by atoms with Crippen molar-refractivity contribution in [1.29, 1.82) is 0 Å². The first-order valence-electron chi connectivity index (χ1n) is 9.38. The number of hydrogen-bond donors (Lipinski definition) is 2. The Labute approximate surface area is 167 Å². The van der Waals surface area contributed by atoms with Crippen molar-refractivity contribution < 1.29 is 9.59 Å². The number of hydrogen-bond acceptors (Lipinski definition) is 3. The molecule has 7 heteroatoms. The van der Waals surface area contributed by atoms with Crippen LogP contribution in [-0.4, -0.2) is 34.9 Å². The van der Waals surface area contributed by atoms with Gasteiger partial charge in [0.2, 0.25) is 11.8 Å². The molecule has 0 radical (unpaired) electrons. The molecule has 0 spiro atoms. The van der Waals surface area contributed by atoms with E-state index < -0.39 is 0 Å². The van der Waals surface area contributed by atoms with E-state index in [0.717, 1.165) is 29.7 Å². The Bertz CT molecular complexity index is 983. The fourth-order valence-electron chi connectivity index (χ4n) is 3.52. The van der Waals surface area contributed by atoms with Crippen molar-refractivity contribution in [3.05, 3.63) is 59.4 Å². The van der Waals surface area contributed by atoms with Crippen molar-refractivity contribution in [2.24, 2.45) is 5.92 Å². The van der Waals surface area contributed by atoms with Crippen LogP contribution in [0.3, 0.4) is 0 Å². The number of para-hydroxylation sites is 3. The Morgan fingerprint density at radius 3 is 2.82 bits per heavy atom. The molecule has 1 saturated heterocycles. The maximum Gasteiger partial charge on any atom is 0.227 e. The van der Waals surface area contributed by atoms with Gasteiger partial charge >= 0.3 is 0 Å². The number of anilines is 1. The summed E-state index contributed by atoms with van der Waals surface area (Å²) in [6.45, 7) is 0.907. The first-order chi connectivity index (χ1) is 13.6. The normalized spacial score (nSPS) is 16.7. The summed E-state index contributed by atoms with van der Waals surface area (Å²) in [7, 11) is 0. The monoisotopic (exact) mass is 396 g/mol. The van der Waals surface area contributed by atoms with Gasteiger partial charge in [-0.3, -0.25) is 9.59 Å². The number of rotatable bonds is 6. The van der Waals surface area contributed by atoms with E-state index >= 15 is 0 Å². The van der Waals surface area contributed by atoms with Gasteiger partial charge in [0, 0.05) is 25.9 Å². The van der Waals surface area contributed by atoms with Crippen molar-refractivity contribution in [2.75, 3.05) is 18.0 Å². The fourth-order valence-corrected chi connectivity index (χ4v) is 3.76. The number of nitrogens with one attached hydrogen (secondary N) is 2. The molecule has 1 atom stereocenters. The van der Waals surface area contributed by atoms with Crippen LogP contribution in [0.5, 0.6) is 0 Å². The molecule has 1 fully saturated rings. The molecule has 1 aliphatic heterocycles. The van der Waals surface area contributed by atoms with Crippen molar-refractivity contribution in [3.8, 4) is 0 Å². The summed E-state index contributed by atoms with van der Waals surface area (Å²) in [5.74, 6) is 0.398. The third kappa shape index (κ3) is 3.87. The molecule has 28 heavy (non-hydrogen) atoms. The lowest BCUT2D eigenvalue weighted by Gasteiger charge is -2.18. The van der Waals surface area contributed by atoms with Crippen LogP contribution in [0.2, 0.25) is 5.02 Å². The number of aromatic nitrogens is 2. The van der Waals surface area contributed by atoms with Crippen LogP contribution in [0.4, 0.5) is 5.69 Å². The van der Waals surface area contributed by atoms with E-state index in [9.17, 15) is 9.59 Å². The molecule has 144 valence electrons. The fraction of sp³-hybridized carbons (Fsp3) is 0.286. The molecule has 0 aliphatic carbocycles. The highest BCUT2D eigenvalue weighted by Gasteiger charge is 2.35. The molecule has 1 aromatic heterocycles. The third-order valence-corrected chi connectivity index (χ3v) is 5.29. The summed E-state index contributed by atoms with van der Waals surface area (Å²) in [6, 6.07) is 15.1. The Morgan fingerprint density at radius 1 is 1.21 bits per heavy atom. The zero-order valence-electron chi connectivity index (χ0n) is 15.3. The Morgan fingerprint density at radius 2 is 2.00 bits per heavy atom. The number of halogens is 1. The smallest absolute Gasteiger partial charge is 0.227 e. The summed E-state index contributed by atoms with van der Waals surface area (Å²) >= 11 is 6.18. The summed E-state index contributed by atoms with van der Waals surface area (Å²) in [5.41, 5.74) is 2.63. The van der Waals surface area contributed by atoms with Gasteiger partial charge in [0.15, 0.2) is 0 Å². The van der Waals surface area contributed by atoms with Gasteiger partial charge in [-0.05, 0) is 30.7 Å². The van der Waals surface area contributed by atoms with Gasteiger partial charge in [-0.25, -0.2) is 4.98 Å². The lowest BCUT2D eigenvalue weighted by Crippen LogP contribution is -2.33. The standard InChI is InChI=1S/C21H21ClN4O2/c22-15-6-1-4-9-18(15)26-13-14(12-20(26)27)21(28)23-11-5-10-19-24-16-7-2-3-8-17(16)25-19/h1-4,6-9,14H,5,10-13H2,(H,23,28)(H,24,25). The second-order valence-corrected chi connectivity index (χ2v) is 7.36. The van der Waals surface area contributed by atoms with Gasteiger partial charge in [-0.15, -0.1) is 0 Å². The number of aromatic amines is 1. The lowest BCUT2D eigenvalue weighted by molar-refractivity contribution is -0.126. The molecule has 1 aliphatic rings. The Hall–Kier alpha value is -2.86. The molecule has 3 aromatic rings. The predicted molar refractivity (Wildman–Crippen MR) is 109 cm³/mol. The largest absolute Gasteiger partial charge is 0.356 e. The topological polar surface area (TPSA) is 78.1 Å². The molecule has 0 bridgehead atoms. The summed E-state index contributed by atoms with van der Waals surface area (Å²) in [5, 5.41) is 3.46. The number of benzene rings is 2. The second-order valence-electron chi connectivity index (χ2n) is 6.95. The average molecular weight is 397 g/mol. The number of amides is 2. The van der Waals surface area contributed by atoms with Crippen molar-refractivity contribution in [3.63, 3.8) is 0 Å². The van der Waals surface area contributed by atoms with Crippen LogP contribution in [0.25, 0.3) is 11.0 Å². The molecular weight excluding hydrogens is 376 g/mol. The van der Waals surface area contributed by atoms with E-state index in [2.05, 4.69) is 15.3 Å². The summed E-state index contributed by atoms with van der Waals surface area (Å²) < 4.78 is 0. The van der Waals surface area contributed by atoms with Gasteiger partial charge in [0.05, 0.1) is 27.7 Å². The number of imidazole rings is 1. The highest BCUT2D eigenvalue weighted by atomic mass is 35.5. The van der Waals surface area contributed by atoms with Crippen molar-refractivity contribution in [1.82, 2.24) is 15.3 Å². The summed E-state index contributed by atoms with van der Waals surface area (Å²) in [4.78, 5) is 34.2. The van der Waals surface area contributed by atoms with Crippen molar-refractivity contribution >= 4 is 40.1 Å². The maximum absolute atomic E-state index is 12.5. The van der Waals surface area contributed by atoms with E-state index in [0.29, 0.717) is 23.8 Å². The maximum atomic E-state index is 12.5. The molecule has 2 amide bonds. The molecule has 2 aromatic carbocycles. The number of fused-ring (bicyclic) bond motifs is 1. The Balaban J connectivity index is 1.27. The number of carbonyl (C=O) groups excluding carboxylic acids is 2. The minimum absolute atomic E-state index is 0.0736. The first kappa shape index (κ1) is 18.5. The average Bonchev–Trinajstić information content (AvgIpc) is 3.28. The van der Waals surface area contributed by atoms with Crippen LogP contribution in [0.1, 0.15) is 18.7 Å². The number of H-pyrrole nitrogens is 1. The summed E-state index contributed by atoms with van der Waals surface area (Å²) in [6.07, 6.45) is 1.74. The molecule has 0 saturated carbocycles. The van der Waals surface area contributed by atoms with Gasteiger partial charge in [0.1, 0.15) is 5.82 Å². The zero-order valence-corrected chi connectivity index (χ0v) is 16.1. The number of aryl methyl sites for hydroxylation is 1. The SMILES string of the molecule is O=C(NCCCc1nc2ccccc2[nH]1)C1CC(=O)N(c2ccccc2Cl)C1.